The van der Waals surface area contributed by atoms with Gasteiger partial charge in [-0.2, -0.15) is 0 Å². The van der Waals surface area contributed by atoms with E-state index in [0.717, 1.165) is 0 Å². The van der Waals surface area contributed by atoms with Crippen molar-refractivity contribution in [2.24, 2.45) is 0 Å². The highest BCUT2D eigenvalue weighted by atomic mass is 16.5. The lowest BCUT2D eigenvalue weighted by molar-refractivity contribution is 0.0600. The zero-order chi connectivity index (χ0) is 13.0. The third-order valence-corrected chi connectivity index (χ3v) is 2.39. The molecule has 2 rings (SSSR count). The Morgan fingerprint density at radius 1 is 0.944 bits per heavy atom. The van der Waals surface area contributed by atoms with E-state index in [2.05, 4.69) is 4.74 Å². The Bertz CT molecular complexity index is 532. The summed E-state index contributed by atoms with van der Waals surface area (Å²) in [7, 11) is 6.93. The van der Waals surface area contributed by atoms with Crippen LogP contribution in [0.25, 0.3) is 0 Å². The van der Waals surface area contributed by atoms with Crippen LogP contribution in [0.2, 0.25) is 0 Å². The second-order valence-electron chi connectivity index (χ2n) is 3.69. The maximum absolute atomic E-state index is 11.2. The fourth-order valence-electron chi connectivity index (χ4n) is 1.45. The van der Waals surface area contributed by atoms with Crippen LogP contribution in [-0.4, -0.2) is 20.9 Å². The van der Waals surface area contributed by atoms with Gasteiger partial charge in [-0.1, -0.05) is 17.6 Å². The predicted octanol–water partition coefficient (Wildman–Crippen LogP) is 2.06. The van der Waals surface area contributed by atoms with Gasteiger partial charge in [-0.25, -0.2) is 4.79 Å². The van der Waals surface area contributed by atoms with Gasteiger partial charge in [0.05, 0.1) is 12.7 Å². The van der Waals surface area contributed by atoms with Crippen molar-refractivity contribution in [2.45, 2.75) is 0 Å². The second kappa shape index (κ2) is 5.40. The molecule has 0 saturated heterocycles. The van der Waals surface area contributed by atoms with Gasteiger partial charge in [0, 0.05) is 0 Å². The first kappa shape index (κ1) is 12.2. The number of rotatable bonds is 3. The lowest BCUT2D eigenvalue weighted by Gasteiger charge is -2.06. The summed E-state index contributed by atoms with van der Waals surface area (Å²) in [5.74, 6) is 0.969. The first-order valence-electron chi connectivity index (χ1n) is 5.41. The van der Waals surface area contributed by atoms with E-state index < -0.39 is 0 Å². The van der Waals surface area contributed by atoms with Crippen molar-refractivity contribution < 1.29 is 14.3 Å². The molecule has 0 aliphatic carbocycles. The minimum absolute atomic E-state index is 0.367. The standard InChI is InChI=1S/C14H11BO3/c1-17-14(16)10-2-6-12(7-3-10)18-13-8-4-11(15)5-9-13/h2-9H,1H3. The smallest absolute Gasteiger partial charge is 0.337 e. The van der Waals surface area contributed by atoms with E-state index in [4.69, 9.17) is 12.6 Å². The van der Waals surface area contributed by atoms with E-state index in [1.807, 2.05) is 0 Å². The molecule has 0 amide bonds. The first-order valence-corrected chi connectivity index (χ1v) is 5.41. The zero-order valence-corrected chi connectivity index (χ0v) is 9.92. The molecule has 0 aliphatic rings. The van der Waals surface area contributed by atoms with E-state index >= 15 is 0 Å². The van der Waals surface area contributed by atoms with Gasteiger partial charge in [0.2, 0.25) is 0 Å². The van der Waals surface area contributed by atoms with Crippen molar-refractivity contribution in [1.82, 2.24) is 0 Å². The molecule has 18 heavy (non-hydrogen) atoms. The van der Waals surface area contributed by atoms with Crippen LogP contribution in [0.15, 0.2) is 48.5 Å². The highest BCUT2D eigenvalue weighted by Gasteiger charge is 2.04. The minimum Gasteiger partial charge on any atom is -0.465 e. The summed E-state index contributed by atoms with van der Waals surface area (Å²) in [6.07, 6.45) is 0. The van der Waals surface area contributed by atoms with Crippen molar-refractivity contribution >= 4 is 19.3 Å². The summed E-state index contributed by atoms with van der Waals surface area (Å²) in [4.78, 5) is 11.2. The van der Waals surface area contributed by atoms with Gasteiger partial charge in [0.15, 0.2) is 0 Å². The fraction of sp³-hybridized carbons (Fsp3) is 0.0714. The van der Waals surface area contributed by atoms with Gasteiger partial charge < -0.3 is 9.47 Å². The number of hydrogen-bond donors (Lipinski definition) is 0. The summed E-state index contributed by atoms with van der Waals surface area (Å²) in [6, 6.07) is 13.8. The third kappa shape index (κ3) is 2.91. The number of esters is 1. The van der Waals surface area contributed by atoms with Gasteiger partial charge in [-0.15, -0.1) is 0 Å². The van der Waals surface area contributed by atoms with Crippen LogP contribution in [-0.2, 0) is 4.74 Å². The monoisotopic (exact) mass is 238 g/mol. The number of ether oxygens (including phenoxy) is 2. The SMILES string of the molecule is [B]c1ccc(Oc2ccc(C(=O)OC)cc2)cc1. The molecule has 2 aromatic carbocycles. The molecule has 3 nitrogen and oxygen atoms in total. The Hall–Kier alpha value is -2.23. The van der Waals surface area contributed by atoms with Crippen LogP contribution in [0.5, 0.6) is 11.5 Å². The summed E-state index contributed by atoms with van der Waals surface area (Å²) in [6.45, 7) is 0. The van der Waals surface area contributed by atoms with E-state index in [-0.39, 0.29) is 5.97 Å². The van der Waals surface area contributed by atoms with Crippen LogP contribution in [0, 0.1) is 0 Å². The van der Waals surface area contributed by atoms with Crippen LogP contribution >= 0.6 is 0 Å². The van der Waals surface area contributed by atoms with E-state index in [0.29, 0.717) is 22.5 Å². The highest BCUT2D eigenvalue weighted by Crippen LogP contribution is 2.20. The molecule has 0 fully saturated rings. The third-order valence-electron chi connectivity index (χ3n) is 2.39. The van der Waals surface area contributed by atoms with Gasteiger partial charge >= 0.3 is 5.97 Å². The number of carbonyl (C=O) groups excluding carboxylic acids is 1. The quantitative estimate of drug-likeness (QED) is 0.606. The Labute approximate surface area is 107 Å². The summed E-state index contributed by atoms with van der Waals surface area (Å²) in [5, 5.41) is 0. The van der Waals surface area contributed by atoms with Crippen molar-refractivity contribution in [3.05, 3.63) is 54.1 Å². The van der Waals surface area contributed by atoms with Gasteiger partial charge in [-0.3, -0.25) is 0 Å². The Balaban J connectivity index is 2.10. The molecule has 0 atom stereocenters. The molecular formula is C14H11BO3. The van der Waals surface area contributed by atoms with Crippen molar-refractivity contribution in [3.8, 4) is 11.5 Å². The molecule has 2 radical (unpaired) electrons. The van der Waals surface area contributed by atoms with Gasteiger partial charge in [-0.05, 0) is 36.4 Å². The Kier molecular flexibility index (Phi) is 3.67. The normalized spacial score (nSPS) is 9.83. The zero-order valence-electron chi connectivity index (χ0n) is 9.92. The Morgan fingerprint density at radius 2 is 1.44 bits per heavy atom. The van der Waals surface area contributed by atoms with E-state index in [1.165, 1.54) is 7.11 Å². The highest BCUT2D eigenvalue weighted by molar-refractivity contribution is 6.32. The number of carbonyl (C=O) groups is 1. The average molecular weight is 238 g/mol. The van der Waals surface area contributed by atoms with Crippen molar-refractivity contribution in [2.75, 3.05) is 7.11 Å². The first-order chi connectivity index (χ1) is 8.69. The van der Waals surface area contributed by atoms with Crippen molar-refractivity contribution in [3.63, 3.8) is 0 Å². The fourth-order valence-corrected chi connectivity index (χ4v) is 1.45. The molecule has 0 spiro atoms. The number of methoxy groups -OCH3 is 1. The molecule has 0 saturated carbocycles. The van der Waals surface area contributed by atoms with Crippen LogP contribution < -0.4 is 10.2 Å². The molecule has 0 unspecified atom stereocenters. The number of benzene rings is 2. The maximum Gasteiger partial charge on any atom is 0.337 e. The molecule has 2 aromatic rings. The maximum atomic E-state index is 11.2. The molecule has 0 heterocycles. The van der Waals surface area contributed by atoms with E-state index in [9.17, 15) is 4.79 Å². The lowest BCUT2D eigenvalue weighted by atomic mass is 9.97. The van der Waals surface area contributed by atoms with Crippen LogP contribution in [0.3, 0.4) is 0 Å². The lowest BCUT2D eigenvalue weighted by Crippen LogP contribution is -2.01. The van der Waals surface area contributed by atoms with Gasteiger partial charge in [0.1, 0.15) is 19.3 Å². The molecule has 0 aromatic heterocycles. The topological polar surface area (TPSA) is 35.5 Å². The molecule has 4 heteroatoms. The molecule has 0 N–H and O–H groups in total. The minimum atomic E-state index is -0.367. The van der Waals surface area contributed by atoms with Gasteiger partial charge in [0.25, 0.3) is 0 Å². The van der Waals surface area contributed by atoms with Crippen molar-refractivity contribution in [1.29, 1.82) is 0 Å². The van der Waals surface area contributed by atoms with Crippen LogP contribution in [0.1, 0.15) is 10.4 Å². The van der Waals surface area contributed by atoms with E-state index in [1.54, 1.807) is 48.5 Å². The average Bonchev–Trinajstić information content (AvgIpc) is 2.41. The molecule has 0 aliphatic heterocycles. The molecule has 88 valence electrons. The largest absolute Gasteiger partial charge is 0.465 e. The van der Waals surface area contributed by atoms with Crippen LogP contribution in [0.4, 0.5) is 0 Å². The number of hydrogen-bond acceptors (Lipinski definition) is 3. The summed E-state index contributed by atoms with van der Waals surface area (Å²) in [5.41, 5.74) is 1.17. The predicted molar refractivity (Wildman–Crippen MR) is 69.7 cm³/mol. The second-order valence-corrected chi connectivity index (χ2v) is 3.69. The summed E-state index contributed by atoms with van der Waals surface area (Å²) >= 11 is 0. The summed E-state index contributed by atoms with van der Waals surface area (Å²) < 4.78 is 10.2. The molecule has 0 bridgehead atoms. The molecular weight excluding hydrogens is 227 g/mol. The Morgan fingerprint density at radius 3 is 1.94 bits per heavy atom.